The maximum Gasteiger partial charge on any atom is 0.266 e. The topological polar surface area (TPSA) is 177 Å². The molecular weight excluding hydrogens is 432 g/mol. The summed E-state index contributed by atoms with van der Waals surface area (Å²) in [7, 11) is 0. The zero-order chi connectivity index (χ0) is 22.4. The molecule has 1 fully saturated rings. The van der Waals surface area contributed by atoms with Crippen LogP contribution in [0.15, 0.2) is 35.4 Å². The molecular formula is C20H17ClN10O. The molecule has 1 atom stereocenters. The fourth-order valence-corrected chi connectivity index (χ4v) is 3.91. The number of aromatic nitrogens is 6. The number of benzene rings is 1. The molecule has 1 aromatic carbocycles. The largest absolute Gasteiger partial charge is 0.382 e. The number of nitrogen functional groups attached to an aromatic ring is 2. The number of fused-ring (bicyclic) bond motifs is 1. The second-order valence-electron chi connectivity index (χ2n) is 7.46. The average Bonchev–Trinajstić information content (AvgIpc) is 3.46. The van der Waals surface area contributed by atoms with Crippen molar-refractivity contribution in [1.29, 1.82) is 5.26 Å². The number of nitrogens with zero attached hydrogens (tertiary/aromatic N) is 6. The summed E-state index contributed by atoms with van der Waals surface area (Å²) in [6.07, 6.45) is 4.94. The lowest BCUT2D eigenvalue weighted by Gasteiger charge is -2.23. The first-order valence-corrected chi connectivity index (χ1v) is 10.2. The third kappa shape index (κ3) is 3.27. The van der Waals surface area contributed by atoms with Crippen LogP contribution in [0.25, 0.3) is 16.6 Å². The number of nitriles is 1. The minimum atomic E-state index is -0.473. The van der Waals surface area contributed by atoms with E-state index in [9.17, 15) is 10.1 Å². The normalized spacial score (nSPS) is 14.2. The van der Waals surface area contributed by atoms with Crippen LogP contribution in [0.5, 0.6) is 0 Å². The molecule has 1 aliphatic carbocycles. The second-order valence-corrected chi connectivity index (χ2v) is 7.87. The van der Waals surface area contributed by atoms with Gasteiger partial charge in [0, 0.05) is 6.20 Å². The summed E-state index contributed by atoms with van der Waals surface area (Å²) in [5.74, 6) is 0.642. The van der Waals surface area contributed by atoms with Crippen LogP contribution >= 0.6 is 11.6 Å². The van der Waals surface area contributed by atoms with E-state index in [1.165, 1.54) is 10.8 Å². The number of aromatic amines is 1. The van der Waals surface area contributed by atoms with E-state index in [0.717, 1.165) is 12.8 Å². The third-order valence-corrected chi connectivity index (χ3v) is 5.65. The van der Waals surface area contributed by atoms with E-state index in [0.29, 0.717) is 27.4 Å². The summed E-state index contributed by atoms with van der Waals surface area (Å²) < 4.78 is 1.48. The molecule has 0 amide bonds. The number of anilines is 3. The maximum absolute atomic E-state index is 13.5. The van der Waals surface area contributed by atoms with E-state index in [2.05, 4.69) is 25.5 Å². The third-order valence-electron chi connectivity index (χ3n) is 5.35. The van der Waals surface area contributed by atoms with Gasteiger partial charge in [-0.25, -0.2) is 4.98 Å². The smallest absolute Gasteiger partial charge is 0.266 e. The van der Waals surface area contributed by atoms with Crippen LogP contribution < -0.4 is 22.3 Å². The lowest BCUT2D eigenvalue weighted by atomic mass is 10.1. The van der Waals surface area contributed by atoms with E-state index in [1.54, 1.807) is 24.4 Å². The summed E-state index contributed by atoms with van der Waals surface area (Å²) in [4.78, 5) is 26.3. The number of rotatable bonds is 5. The molecule has 0 unspecified atom stereocenters. The van der Waals surface area contributed by atoms with Crippen molar-refractivity contribution >= 4 is 40.1 Å². The summed E-state index contributed by atoms with van der Waals surface area (Å²) in [5.41, 5.74) is 12.3. The molecule has 32 heavy (non-hydrogen) atoms. The predicted octanol–water partition coefficient (Wildman–Crippen LogP) is 2.15. The molecule has 0 aliphatic heterocycles. The zero-order valence-electron chi connectivity index (χ0n) is 16.6. The van der Waals surface area contributed by atoms with Crippen LogP contribution in [-0.2, 0) is 0 Å². The van der Waals surface area contributed by atoms with Gasteiger partial charge in [-0.05, 0) is 30.9 Å². The number of nitrogens with one attached hydrogen (secondary N) is 2. The van der Waals surface area contributed by atoms with Crippen molar-refractivity contribution in [3.8, 4) is 11.8 Å². The Morgan fingerprint density at radius 1 is 1.28 bits per heavy atom. The van der Waals surface area contributed by atoms with Crippen LogP contribution in [0.2, 0.25) is 5.02 Å². The average molecular weight is 449 g/mol. The van der Waals surface area contributed by atoms with Crippen LogP contribution in [0.1, 0.15) is 30.3 Å². The minimum absolute atomic E-state index is 0.0289. The molecule has 1 saturated carbocycles. The van der Waals surface area contributed by atoms with Crippen molar-refractivity contribution in [2.45, 2.75) is 18.9 Å². The SMILES string of the molecule is N#Cc1c(N)nc(N)nc1N[C@H](c1nc2c(Cl)cccc2c(=O)n1-c1cn[nH]c1)C1CC1. The van der Waals surface area contributed by atoms with Crippen LogP contribution in [0.4, 0.5) is 17.6 Å². The molecule has 4 aromatic rings. The zero-order valence-corrected chi connectivity index (χ0v) is 17.3. The minimum Gasteiger partial charge on any atom is -0.382 e. The molecule has 12 heteroatoms. The highest BCUT2D eigenvalue weighted by molar-refractivity contribution is 6.35. The summed E-state index contributed by atoms with van der Waals surface area (Å²) in [5, 5.41) is 20.3. The van der Waals surface area contributed by atoms with Gasteiger partial charge in [-0.1, -0.05) is 17.7 Å². The van der Waals surface area contributed by atoms with Crippen LogP contribution in [0, 0.1) is 17.2 Å². The first-order chi connectivity index (χ1) is 15.5. The molecule has 0 bridgehead atoms. The molecule has 0 radical (unpaired) electrons. The molecule has 3 heterocycles. The highest BCUT2D eigenvalue weighted by Crippen LogP contribution is 2.43. The van der Waals surface area contributed by atoms with Crippen molar-refractivity contribution in [2.75, 3.05) is 16.8 Å². The quantitative estimate of drug-likeness (QED) is 0.356. The Kier molecular flexibility index (Phi) is 4.64. The standard InChI is InChI=1S/C20H17ClN10O/c21-13-3-1-2-11-15(13)28-18(31(19(11)32)10-7-25-26-8-10)14(9-4-5-9)27-17-12(6-22)16(23)29-20(24)30-17/h1-3,7-9,14H,4-5H2,(H,25,26)(H5,23,24,27,29,30)/t14-/m0/s1. The van der Waals surface area contributed by atoms with Crippen molar-refractivity contribution in [2.24, 2.45) is 5.92 Å². The van der Waals surface area contributed by atoms with Gasteiger partial charge in [0.25, 0.3) is 5.56 Å². The fourth-order valence-electron chi connectivity index (χ4n) is 3.70. The number of H-pyrrole nitrogens is 1. The van der Waals surface area contributed by atoms with Gasteiger partial charge in [-0.15, -0.1) is 0 Å². The van der Waals surface area contributed by atoms with Gasteiger partial charge in [-0.3, -0.25) is 14.5 Å². The Labute approximate surface area is 186 Å². The molecule has 3 aromatic heterocycles. The summed E-state index contributed by atoms with van der Waals surface area (Å²) in [6.45, 7) is 0. The Balaban J connectivity index is 1.75. The van der Waals surface area contributed by atoms with Gasteiger partial charge in [0.15, 0.2) is 5.82 Å². The monoisotopic (exact) mass is 448 g/mol. The predicted molar refractivity (Wildman–Crippen MR) is 119 cm³/mol. The highest BCUT2D eigenvalue weighted by Gasteiger charge is 2.37. The lowest BCUT2D eigenvalue weighted by molar-refractivity contribution is 0.609. The van der Waals surface area contributed by atoms with Crippen molar-refractivity contribution in [1.82, 2.24) is 29.7 Å². The number of hydrogen-bond acceptors (Lipinski definition) is 9. The summed E-state index contributed by atoms with van der Waals surface area (Å²) in [6, 6.07) is 6.60. The number of halogens is 1. The van der Waals surface area contributed by atoms with E-state index >= 15 is 0 Å². The number of hydrogen-bond donors (Lipinski definition) is 4. The van der Waals surface area contributed by atoms with Crippen molar-refractivity contribution in [3.05, 3.63) is 57.4 Å². The first kappa shape index (κ1) is 19.8. The second kappa shape index (κ2) is 7.51. The van der Waals surface area contributed by atoms with Crippen LogP contribution in [0.3, 0.4) is 0 Å². The molecule has 1 aliphatic rings. The molecule has 0 spiro atoms. The van der Waals surface area contributed by atoms with E-state index in [1.807, 2.05) is 6.07 Å². The van der Waals surface area contributed by atoms with Gasteiger partial charge >= 0.3 is 0 Å². The highest BCUT2D eigenvalue weighted by atomic mass is 35.5. The van der Waals surface area contributed by atoms with Crippen molar-refractivity contribution in [3.63, 3.8) is 0 Å². The van der Waals surface area contributed by atoms with Gasteiger partial charge in [0.05, 0.1) is 33.9 Å². The molecule has 0 saturated heterocycles. The number of nitrogens with two attached hydrogens (primary N) is 2. The van der Waals surface area contributed by atoms with E-state index in [4.69, 9.17) is 28.1 Å². The maximum atomic E-state index is 13.5. The van der Waals surface area contributed by atoms with Gasteiger partial charge in [-0.2, -0.15) is 20.3 Å². The molecule has 11 nitrogen and oxygen atoms in total. The number of para-hydroxylation sites is 1. The Bertz CT molecular complexity index is 1440. The Hall–Kier alpha value is -4.17. The van der Waals surface area contributed by atoms with Crippen molar-refractivity contribution < 1.29 is 0 Å². The van der Waals surface area contributed by atoms with Gasteiger partial charge < -0.3 is 16.8 Å². The van der Waals surface area contributed by atoms with E-state index < -0.39 is 6.04 Å². The summed E-state index contributed by atoms with van der Waals surface area (Å²) >= 11 is 6.38. The Morgan fingerprint density at radius 2 is 2.09 bits per heavy atom. The fraction of sp³-hybridized carbons (Fsp3) is 0.200. The molecule has 160 valence electrons. The lowest BCUT2D eigenvalue weighted by Crippen LogP contribution is -2.29. The van der Waals surface area contributed by atoms with E-state index in [-0.39, 0.29) is 34.6 Å². The molecule has 6 N–H and O–H groups in total. The molecule has 5 rings (SSSR count). The van der Waals surface area contributed by atoms with Gasteiger partial charge in [0.2, 0.25) is 5.95 Å². The van der Waals surface area contributed by atoms with Crippen LogP contribution in [-0.4, -0.2) is 29.7 Å². The van der Waals surface area contributed by atoms with Gasteiger partial charge in [0.1, 0.15) is 23.3 Å². The first-order valence-electron chi connectivity index (χ1n) is 9.78. The Morgan fingerprint density at radius 3 is 2.78 bits per heavy atom.